The van der Waals surface area contributed by atoms with Gasteiger partial charge in [-0.3, -0.25) is 14.2 Å². The highest BCUT2D eigenvalue weighted by molar-refractivity contribution is 7.22. The molecule has 1 aromatic carbocycles. The maximum Gasteiger partial charge on any atom is 0.333 e. The number of fused-ring (bicyclic) bond motifs is 1. The number of methoxy groups -OCH3 is 1. The first-order chi connectivity index (χ1) is 21.5. The van der Waals surface area contributed by atoms with Gasteiger partial charge in [-0.1, -0.05) is 13.8 Å². The topological polar surface area (TPSA) is 109 Å². The lowest BCUT2D eigenvalue weighted by Crippen LogP contribution is -2.57. The summed E-state index contributed by atoms with van der Waals surface area (Å²) in [7, 11) is 1.50. The molecule has 1 atom stereocenters. The van der Waals surface area contributed by atoms with Crippen molar-refractivity contribution in [2.24, 2.45) is 0 Å². The molecule has 0 N–H and O–H groups in total. The zero-order chi connectivity index (χ0) is 32.5. The highest BCUT2D eigenvalue weighted by atomic mass is 32.1. The molecule has 4 aromatic rings. The molecule has 4 heterocycles. The van der Waals surface area contributed by atoms with Crippen LogP contribution in [0, 0.1) is 12.7 Å². The molecule has 10 nitrogen and oxygen atoms in total. The zero-order valence-electron chi connectivity index (χ0n) is 26.7. The van der Waals surface area contributed by atoms with Crippen molar-refractivity contribution in [2.75, 3.05) is 20.2 Å². The predicted molar refractivity (Wildman–Crippen MR) is 171 cm³/mol. The SMILES string of the molecule is CCC(CC)O[C@@H](Cn1c(=O)n(C(C)(C)C(=O)N2CCCCC2)c(=O)c2c(C)c(-c3ncco3)sc21)c1cc(F)ccc1OC. The zero-order valence-corrected chi connectivity index (χ0v) is 27.5. The number of thiophene rings is 1. The smallest absolute Gasteiger partial charge is 0.333 e. The molecule has 45 heavy (non-hydrogen) atoms. The van der Waals surface area contributed by atoms with Crippen molar-refractivity contribution in [2.45, 2.75) is 91.0 Å². The molecule has 1 aliphatic heterocycles. The van der Waals surface area contributed by atoms with Gasteiger partial charge < -0.3 is 18.8 Å². The van der Waals surface area contributed by atoms with Crippen LogP contribution in [0.15, 0.2) is 44.7 Å². The predicted octanol–water partition coefficient (Wildman–Crippen LogP) is 6.03. The van der Waals surface area contributed by atoms with Gasteiger partial charge in [-0.25, -0.2) is 18.7 Å². The number of aryl methyl sites for hydroxylation is 1. The summed E-state index contributed by atoms with van der Waals surface area (Å²) in [6.07, 6.45) is 6.10. The monoisotopic (exact) mass is 640 g/mol. The van der Waals surface area contributed by atoms with Gasteiger partial charge in [-0.2, -0.15) is 0 Å². The Morgan fingerprint density at radius 1 is 1.16 bits per heavy atom. The van der Waals surface area contributed by atoms with Crippen LogP contribution in [-0.2, 0) is 21.6 Å². The number of aromatic nitrogens is 3. The molecule has 5 rings (SSSR count). The Hall–Kier alpha value is -3.77. The lowest BCUT2D eigenvalue weighted by molar-refractivity contribution is -0.140. The van der Waals surface area contributed by atoms with Gasteiger partial charge in [0.15, 0.2) is 0 Å². The summed E-state index contributed by atoms with van der Waals surface area (Å²) in [6, 6.07) is 4.19. The lowest BCUT2D eigenvalue weighted by atomic mass is 10.00. The van der Waals surface area contributed by atoms with Gasteiger partial charge in [-0.15, -0.1) is 11.3 Å². The van der Waals surface area contributed by atoms with Crippen LogP contribution in [0.4, 0.5) is 4.39 Å². The molecule has 0 saturated carbocycles. The number of benzene rings is 1. The molecular weight excluding hydrogens is 599 g/mol. The number of rotatable bonds is 11. The van der Waals surface area contributed by atoms with E-state index in [1.54, 1.807) is 25.7 Å². The van der Waals surface area contributed by atoms with E-state index in [-0.39, 0.29) is 18.6 Å². The van der Waals surface area contributed by atoms with Crippen LogP contribution < -0.4 is 16.0 Å². The second-order valence-electron chi connectivity index (χ2n) is 12.0. The summed E-state index contributed by atoms with van der Waals surface area (Å²) < 4.78 is 35.0. The van der Waals surface area contributed by atoms with Crippen LogP contribution >= 0.6 is 11.3 Å². The van der Waals surface area contributed by atoms with Crippen molar-refractivity contribution in [3.05, 3.63) is 68.4 Å². The minimum Gasteiger partial charge on any atom is -0.496 e. The van der Waals surface area contributed by atoms with E-state index in [1.165, 1.54) is 53.7 Å². The normalized spacial score (nSPS) is 14.8. The number of likely N-dealkylation sites (tertiary alicyclic amines) is 1. The van der Waals surface area contributed by atoms with Crippen molar-refractivity contribution < 1.29 is 23.1 Å². The van der Waals surface area contributed by atoms with Crippen LogP contribution in [0.1, 0.15) is 77.0 Å². The Morgan fingerprint density at radius 2 is 1.87 bits per heavy atom. The summed E-state index contributed by atoms with van der Waals surface area (Å²) in [5.74, 6) is -0.0325. The van der Waals surface area contributed by atoms with E-state index >= 15 is 0 Å². The molecule has 242 valence electrons. The van der Waals surface area contributed by atoms with Crippen molar-refractivity contribution >= 4 is 27.5 Å². The molecule has 1 amide bonds. The molecule has 1 fully saturated rings. The number of halogens is 1. The van der Waals surface area contributed by atoms with Crippen molar-refractivity contribution in [3.63, 3.8) is 0 Å². The number of hydrogen-bond acceptors (Lipinski definition) is 8. The van der Waals surface area contributed by atoms with Crippen LogP contribution in [-0.4, -0.2) is 51.2 Å². The minimum atomic E-state index is -1.48. The number of ether oxygens (including phenoxy) is 2. The molecule has 0 unspecified atom stereocenters. The minimum absolute atomic E-state index is 0.0646. The second-order valence-corrected chi connectivity index (χ2v) is 13.0. The number of oxazole rings is 1. The van der Waals surface area contributed by atoms with Gasteiger partial charge >= 0.3 is 5.69 Å². The first-order valence-corrected chi connectivity index (χ1v) is 16.3. The van der Waals surface area contributed by atoms with Crippen molar-refractivity contribution in [3.8, 4) is 16.5 Å². The Morgan fingerprint density at radius 3 is 2.49 bits per heavy atom. The van der Waals surface area contributed by atoms with Gasteiger partial charge in [0, 0.05) is 18.7 Å². The maximum atomic E-state index is 14.7. The van der Waals surface area contributed by atoms with E-state index in [0.717, 1.165) is 23.8 Å². The average molecular weight is 641 g/mol. The molecule has 0 aliphatic carbocycles. The third-order valence-corrected chi connectivity index (χ3v) is 10.0. The van der Waals surface area contributed by atoms with E-state index in [2.05, 4.69) is 4.98 Å². The molecule has 1 saturated heterocycles. The summed E-state index contributed by atoms with van der Waals surface area (Å²) in [5, 5.41) is 0.291. The van der Waals surface area contributed by atoms with Gasteiger partial charge in [0.2, 0.25) is 11.8 Å². The quantitative estimate of drug-likeness (QED) is 0.197. The highest BCUT2D eigenvalue weighted by Gasteiger charge is 2.39. The van der Waals surface area contributed by atoms with Gasteiger partial charge in [0.1, 0.15) is 34.3 Å². The lowest BCUT2D eigenvalue weighted by Gasteiger charge is -2.35. The van der Waals surface area contributed by atoms with Gasteiger partial charge in [-0.05, 0) is 76.6 Å². The Labute approximate surface area is 265 Å². The number of hydrogen-bond donors (Lipinski definition) is 0. The van der Waals surface area contributed by atoms with Crippen LogP contribution in [0.5, 0.6) is 5.75 Å². The Kier molecular flexibility index (Phi) is 9.64. The van der Waals surface area contributed by atoms with Gasteiger partial charge in [0.25, 0.3) is 5.56 Å². The number of nitrogens with zero attached hydrogens (tertiary/aromatic N) is 4. The molecular formula is C33H41FN4O6S. The molecule has 1 aliphatic rings. The standard InChI is InChI=1S/C33H41FN4O6S/c1-7-22(8-2)44-25(23-18-21(34)12-13-24(23)42-6)19-37-30-26(20(3)27(45-30)28-35-14-17-43-28)29(39)38(32(37)41)33(4,5)31(40)36-15-10-9-11-16-36/h12-14,17-18,22,25H,7-11,15-16,19H2,1-6H3/t25-/m0/s1. The van der Waals surface area contributed by atoms with E-state index in [1.807, 2.05) is 13.8 Å². The molecule has 0 bridgehead atoms. The second kappa shape index (κ2) is 13.3. The maximum absolute atomic E-state index is 14.7. The van der Waals surface area contributed by atoms with Crippen LogP contribution in [0.3, 0.4) is 0 Å². The first-order valence-electron chi connectivity index (χ1n) is 15.5. The number of carbonyl (C=O) groups excluding carboxylic acids is 1. The summed E-state index contributed by atoms with van der Waals surface area (Å²) in [6.45, 7) is 10.1. The molecule has 3 aromatic heterocycles. The van der Waals surface area contributed by atoms with E-state index in [0.29, 0.717) is 63.8 Å². The van der Waals surface area contributed by atoms with E-state index in [4.69, 9.17) is 13.9 Å². The van der Waals surface area contributed by atoms with Gasteiger partial charge in [0.05, 0.1) is 36.2 Å². The number of amides is 1. The highest BCUT2D eigenvalue weighted by Crippen LogP contribution is 2.38. The van der Waals surface area contributed by atoms with E-state index in [9.17, 15) is 18.8 Å². The fourth-order valence-electron chi connectivity index (χ4n) is 6.17. The largest absolute Gasteiger partial charge is 0.496 e. The summed E-state index contributed by atoms with van der Waals surface area (Å²) >= 11 is 1.21. The Bertz CT molecular complexity index is 1780. The molecule has 12 heteroatoms. The third-order valence-electron chi connectivity index (χ3n) is 8.72. The van der Waals surface area contributed by atoms with Crippen molar-refractivity contribution in [1.82, 2.24) is 19.0 Å². The van der Waals surface area contributed by atoms with Crippen LogP contribution in [0.2, 0.25) is 0 Å². The average Bonchev–Trinajstić information content (AvgIpc) is 3.69. The fourth-order valence-corrected chi connectivity index (χ4v) is 7.41. The molecule has 0 spiro atoms. The van der Waals surface area contributed by atoms with E-state index < -0.39 is 28.7 Å². The first kappa shape index (κ1) is 32.6. The number of piperidine rings is 1. The van der Waals surface area contributed by atoms with Crippen molar-refractivity contribution in [1.29, 1.82) is 0 Å². The fraction of sp³-hybridized carbons (Fsp3) is 0.515. The van der Waals surface area contributed by atoms with Crippen LogP contribution in [0.25, 0.3) is 21.0 Å². The number of carbonyl (C=O) groups is 1. The molecule has 0 radical (unpaired) electrons. The summed E-state index contributed by atoms with van der Waals surface area (Å²) in [4.78, 5) is 49.9. The summed E-state index contributed by atoms with van der Waals surface area (Å²) in [5.41, 5.74) is -1.68. The third kappa shape index (κ3) is 6.09. The Balaban J connectivity index is 1.77.